The predicted octanol–water partition coefficient (Wildman–Crippen LogP) is 10.5. The van der Waals surface area contributed by atoms with Gasteiger partial charge in [-0.25, -0.2) is 0 Å². The lowest BCUT2D eigenvalue weighted by Gasteiger charge is -2.29. The highest BCUT2D eigenvalue weighted by atomic mass is 16.3. The van der Waals surface area contributed by atoms with E-state index in [0.717, 1.165) is 33.4 Å². The Morgan fingerprint density at radius 3 is 0.895 bits per heavy atom. The van der Waals surface area contributed by atoms with E-state index < -0.39 is 69.0 Å². The first kappa shape index (κ1) is 53.3. The van der Waals surface area contributed by atoms with Crippen LogP contribution >= 0.6 is 0 Å². The molecule has 0 fully saturated rings. The molecular formula is C62H62O14. The maximum Gasteiger partial charge on any atom is 0.200 e. The Hall–Kier alpha value is -9.04. The van der Waals surface area contributed by atoms with Crippen molar-refractivity contribution in [2.45, 2.75) is 83.0 Å². The number of phenols is 14. The molecule has 14 nitrogen and oxygen atoms in total. The first-order chi connectivity index (χ1) is 36.4. The van der Waals surface area contributed by atoms with Crippen LogP contribution < -0.4 is 0 Å². The molecule has 0 heterocycles. The molecule has 394 valence electrons. The van der Waals surface area contributed by atoms with E-state index in [4.69, 9.17) is 0 Å². The SMILES string of the molecule is Oc1cc(CC[C@H](Cc2ccc(CCc3cc(O)c(O)c(O)c3)cc2)[C@@H](Cc2ccc(CCc3cc(O)c(O)c(O)c3)cc2)c2ccc(CCc3cc(O)c(O)c(O)c3)c(O)c2)ccc1CCc1cc(O)c(O)c(O)c1. The Bertz CT molecular complexity index is 3240. The highest BCUT2D eigenvalue weighted by Gasteiger charge is 2.26. The van der Waals surface area contributed by atoms with Crippen LogP contribution in [0.1, 0.15) is 79.1 Å². The zero-order valence-corrected chi connectivity index (χ0v) is 41.6. The largest absolute Gasteiger partial charge is 0.508 e. The van der Waals surface area contributed by atoms with E-state index in [1.807, 2.05) is 48.5 Å². The Kier molecular flexibility index (Phi) is 16.4. The number of hydrogen-bond acceptors (Lipinski definition) is 14. The van der Waals surface area contributed by atoms with Gasteiger partial charge in [-0.05, 0) is 216 Å². The van der Waals surface area contributed by atoms with E-state index in [1.165, 1.54) is 48.5 Å². The Morgan fingerprint density at radius 2 is 0.526 bits per heavy atom. The molecule has 0 saturated carbocycles. The van der Waals surface area contributed by atoms with Crippen LogP contribution in [0.5, 0.6) is 80.5 Å². The standard InChI is InChI=1S/C62H62O14/c63-49-25-39(13-17-44(49)18-15-42-30-55(69)61(75)56(70)31-42)14-20-46(23-37-7-1-35(2-8-37)5-11-40-26-51(65)59(73)52(66)27-40)48(24-38-9-3-36(4-10-38)6-12-41-28-53(67)60(74)54(68)29-41)47-22-21-45(50(64)34-47)19-16-43-32-57(71)62(76)58(72)33-43/h1-4,7-10,13,17,21-22,25-34,46,48,63-76H,5-6,11-12,14-16,18-20,23-24H2/t46-,48-/m1/s1. The summed E-state index contributed by atoms with van der Waals surface area (Å²) in [4.78, 5) is 0. The molecule has 0 aliphatic carbocycles. The van der Waals surface area contributed by atoms with Gasteiger partial charge in [0, 0.05) is 0 Å². The summed E-state index contributed by atoms with van der Waals surface area (Å²) in [6.45, 7) is 0. The molecule has 0 aromatic heterocycles. The second-order valence-electron chi connectivity index (χ2n) is 19.7. The summed E-state index contributed by atoms with van der Waals surface area (Å²) >= 11 is 0. The van der Waals surface area contributed by atoms with Crippen LogP contribution in [-0.2, 0) is 70.6 Å². The van der Waals surface area contributed by atoms with Gasteiger partial charge in [-0.3, -0.25) is 0 Å². The maximum absolute atomic E-state index is 11.7. The third-order valence-electron chi connectivity index (χ3n) is 14.3. The van der Waals surface area contributed by atoms with Gasteiger partial charge in [-0.15, -0.1) is 0 Å². The number of phenolic OH excluding ortho intramolecular Hbond substituents is 14. The lowest BCUT2D eigenvalue weighted by Crippen LogP contribution is -2.19. The molecule has 0 amide bonds. The van der Waals surface area contributed by atoms with Gasteiger partial charge in [0.2, 0.25) is 0 Å². The van der Waals surface area contributed by atoms with Crippen LogP contribution in [-0.4, -0.2) is 71.5 Å². The molecule has 14 N–H and O–H groups in total. The number of benzene rings is 8. The van der Waals surface area contributed by atoms with E-state index in [9.17, 15) is 71.5 Å². The molecule has 2 atom stereocenters. The summed E-state index contributed by atoms with van der Waals surface area (Å²) in [5, 5.41) is 143. The smallest absolute Gasteiger partial charge is 0.200 e. The van der Waals surface area contributed by atoms with Crippen LogP contribution in [0.4, 0.5) is 0 Å². The quantitative estimate of drug-likeness (QED) is 0.0298. The van der Waals surface area contributed by atoms with Crippen molar-refractivity contribution < 1.29 is 71.5 Å². The summed E-state index contributed by atoms with van der Waals surface area (Å²) < 4.78 is 0. The van der Waals surface area contributed by atoms with E-state index in [2.05, 4.69) is 24.3 Å². The summed E-state index contributed by atoms with van der Waals surface area (Å²) in [7, 11) is 0. The normalized spacial score (nSPS) is 12.2. The zero-order valence-electron chi connectivity index (χ0n) is 41.6. The topological polar surface area (TPSA) is 283 Å². The minimum atomic E-state index is -0.603. The van der Waals surface area contributed by atoms with Crippen LogP contribution in [0.2, 0.25) is 0 Å². The van der Waals surface area contributed by atoms with E-state index >= 15 is 0 Å². The third-order valence-corrected chi connectivity index (χ3v) is 14.3. The number of hydrogen-bond donors (Lipinski definition) is 14. The van der Waals surface area contributed by atoms with Gasteiger partial charge in [0.05, 0.1) is 0 Å². The maximum atomic E-state index is 11.7. The molecule has 8 aromatic rings. The summed E-state index contributed by atoms with van der Waals surface area (Å²) in [6.07, 6.45) is 6.15. The Morgan fingerprint density at radius 1 is 0.237 bits per heavy atom. The molecule has 0 radical (unpaired) electrons. The highest BCUT2D eigenvalue weighted by Crippen LogP contribution is 2.41. The zero-order chi connectivity index (χ0) is 54.2. The molecule has 0 aliphatic rings. The van der Waals surface area contributed by atoms with Crippen LogP contribution in [0.15, 0.2) is 133 Å². The van der Waals surface area contributed by atoms with Gasteiger partial charge in [-0.2, -0.15) is 0 Å². The molecule has 0 unspecified atom stereocenters. The second-order valence-corrected chi connectivity index (χ2v) is 19.7. The molecular weight excluding hydrogens is 969 g/mol. The second kappa shape index (κ2) is 23.4. The van der Waals surface area contributed by atoms with Crippen molar-refractivity contribution in [3.63, 3.8) is 0 Å². The fourth-order valence-corrected chi connectivity index (χ4v) is 9.95. The van der Waals surface area contributed by atoms with Crippen molar-refractivity contribution in [1.82, 2.24) is 0 Å². The number of rotatable bonds is 21. The van der Waals surface area contributed by atoms with Crippen molar-refractivity contribution in [3.05, 3.63) is 200 Å². The monoisotopic (exact) mass is 1030 g/mol. The molecule has 0 bridgehead atoms. The fraction of sp³-hybridized carbons (Fsp3) is 0.226. The van der Waals surface area contributed by atoms with Gasteiger partial charge in [0.25, 0.3) is 0 Å². The molecule has 8 rings (SSSR count). The van der Waals surface area contributed by atoms with Crippen molar-refractivity contribution in [2.75, 3.05) is 0 Å². The molecule has 0 saturated heterocycles. The van der Waals surface area contributed by atoms with E-state index in [0.29, 0.717) is 110 Å². The van der Waals surface area contributed by atoms with Gasteiger partial charge >= 0.3 is 0 Å². The molecule has 14 heteroatoms. The van der Waals surface area contributed by atoms with Crippen molar-refractivity contribution in [2.24, 2.45) is 5.92 Å². The van der Waals surface area contributed by atoms with Crippen molar-refractivity contribution in [3.8, 4) is 80.5 Å². The van der Waals surface area contributed by atoms with Gasteiger partial charge in [-0.1, -0.05) is 72.8 Å². The lowest BCUT2D eigenvalue weighted by atomic mass is 9.75. The predicted molar refractivity (Wildman–Crippen MR) is 286 cm³/mol. The van der Waals surface area contributed by atoms with Crippen LogP contribution in [0.3, 0.4) is 0 Å². The molecule has 0 spiro atoms. The Balaban J connectivity index is 1.08. The van der Waals surface area contributed by atoms with E-state index in [1.54, 1.807) is 12.1 Å². The highest BCUT2D eigenvalue weighted by molar-refractivity contribution is 5.54. The van der Waals surface area contributed by atoms with Crippen LogP contribution in [0.25, 0.3) is 0 Å². The average Bonchev–Trinajstić information content (AvgIpc) is 3.40. The van der Waals surface area contributed by atoms with Crippen molar-refractivity contribution >= 4 is 0 Å². The summed E-state index contributed by atoms with van der Waals surface area (Å²) in [5.74, 6) is -5.69. The minimum absolute atomic E-state index is 0.0480. The Labute approximate surface area is 439 Å². The van der Waals surface area contributed by atoms with Gasteiger partial charge in [0.1, 0.15) is 11.5 Å². The summed E-state index contributed by atoms with van der Waals surface area (Å²) in [5.41, 5.74) is 9.72. The van der Waals surface area contributed by atoms with E-state index in [-0.39, 0.29) is 23.3 Å². The number of aromatic hydroxyl groups is 14. The molecule has 76 heavy (non-hydrogen) atoms. The third kappa shape index (κ3) is 13.2. The van der Waals surface area contributed by atoms with Gasteiger partial charge < -0.3 is 71.5 Å². The first-order valence-electron chi connectivity index (χ1n) is 25.1. The minimum Gasteiger partial charge on any atom is -0.508 e. The number of aryl methyl sites for hydroxylation is 9. The average molecular weight is 1030 g/mol. The first-order valence-corrected chi connectivity index (χ1v) is 25.1. The lowest BCUT2D eigenvalue weighted by molar-refractivity contribution is 0.367. The van der Waals surface area contributed by atoms with Gasteiger partial charge in [0.15, 0.2) is 69.0 Å². The van der Waals surface area contributed by atoms with Crippen molar-refractivity contribution in [1.29, 1.82) is 0 Å². The fourth-order valence-electron chi connectivity index (χ4n) is 9.95. The molecule has 8 aromatic carbocycles. The molecule has 0 aliphatic heterocycles. The van der Waals surface area contributed by atoms with Crippen LogP contribution in [0, 0.1) is 5.92 Å². The summed E-state index contributed by atoms with van der Waals surface area (Å²) in [6, 6.07) is 39.0.